The van der Waals surface area contributed by atoms with Gasteiger partial charge < -0.3 is 20.1 Å². The van der Waals surface area contributed by atoms with Crippen LogP contribution < -0.4 is 10.1 Å². The molecule has 2 aromatic carbocycles. The summed E-state index contributed by atoms with van der Waals surface area (Å²) in [5, 5.41) is 14.5. The molecule has 0 unspecified atom stereocenters. The Morgan fingerprint density at radius 3 is 2.53 bits per heavy atom. The molecule has 6 rings (SSSR count). The monoisotopic (exact) mass is 530 g/mol. The average Bonchev–Trinajstić information content (AvgIpc) is 3.60. The van der Waals surface area contributed by atoms with Gasteiger partial charge in [0.15, 0.2) is 5.13 Å². The second-order valence-electron chi connectivity index (χ2n) is 9.81. The van der Waals surface area contributed by atoms with Gasteiger partial charge in [0.2, 0.25) is 0 Å². The first-order valence-corrected chi connectivity index (χ1v) is 13.8. The number of anilines is 1. The lowest BCUT2D eigenvalue weighted by Crippen LogP contribution is -2.36. The van der Waals surface area contributed by atoms with Gasteiger partial charge >= 0.3 is 0 Å². The Kier molecular flexibility index (Phi) is 7.90. The first kappa shape index (κ1) is 26.1. The van der Waals surface area contributed by atoms with E-state index in [1.165, 1.54) is 0 Å². The topological polar surface area (TPSA) is 87.6 Å². The maximum absolute atomic E-state index is 12.6. The summed E-state index contributed by atoms with van der Waals surface area (Å²) in [6, 6.07) is 17.3. The Bertz CT molecular complexity index is 1400. The fraction of sp³-hybridized carbons (Fsp3) is 0.367. The third-order valence-corrected chi connectivity index (χ3v) is 8.14. The van der Waals surface area contributed by atoms with Crippen LogP contribution >= 0.6 is 11.3 Å². The fourth-order valence-corrected chi connectivity index (χ4v) is 6.08. The quantitative estimate of drug-likeness (QED) is 0.287. The van der Waals surface area contributed by atoms with Crippen molar-refractivity contribution in [3.8, 4) is 22.8 Å². The van der Waals surface area contributed by atoms with Crippen LogP contribution in [0.5, 0.6) is 11.5 Å². The molecular weight excluding hydrogens is 496 g/mol. The Morgan fingerprint density at radius 1 is 0.974 bits per heavy atom. The molecule has 2 N–H and O–H groups in total. The van der Waals surface area contributed by atoms with Gasteiger partial charge in [0.05, 0.1) is 28.1 Å². The van der Waals surface area contributed by atoms with Crippen molar-refractivity contribution in [2.75, 3.05) is 18.4 Å². The van der Waals surface area contributed by atoms with Crippen LogP contribution in [0.3, 0.4) is 0 Å². The van der Waals surface area contributed by atoms with Crippen molar-refractivity contribution in [3.63, 3.8) is 0 Å². The van der Waals surface area contributed by atoms with Crippen molar-refractivity contribution >= 4 is 32.6 Å². The number of aliphatic hydroxyl groups is 1. The van der Waals surface area contributed by atoms with Crippen molar-refractivity contribution < 1.29 is 14.6 Å². The smallest absolute Gasteiger partial charge is 0.253 e. The van der Waals surface area contributed by atoms with Crippen LogP contribution in [0.25, 0.3) is 21.5 Å². The predicted octanol–water partition coefficient (Wildman–Crippen LogP) is 6.74. The zero-order chi connectivity index (χ0) is 25.2. The van der Waals surface area contributed by atoms with Crippen molar-refractivity contribution in [1.29, 1.82) is 0 Å². The summed E-state index contributed by atoms with van der Waals surface area (Å²) < 4.78 is 7.20. The molecular formula is C30H34N4O3S. The van der Waals surface area contributed by atoms with Crippen LogP contribution in [0.4, 0.5) is 5.13 Å². The number of aliphatic hydroxyl groups excluding tert-OH is 1. The van der Waals surface area contributed by atoms with Gasteiger partial charge in [0.1, 0.15) is 11.5 Å². The van der Waals surface area contributed by atoms with Gasteiger partial charge in [0.25, 0.3) is 5.91 Å². The summed E-state index contributed by atoms with van der Waals surface area (Å²) >= 11 is 1.57. The van der Waals surface area contributed by atoms with Gasteiger partial charge in [-0.2, -0.15) is 0 Å². The minimum atomic E-state index is -0.317. The predicted molar refractivity (Wildman–Crippen MR) is 153 cm³/mol. The van der Waals surface area contributed by atoms with Crippen LogP contribution in [0, 0.1) is 0 Å². The SMILES string of the molecule is C.O=C(c1ccc(-c2cc(Oc3ccc4nc(N[C@@H]5CCCC[C@H]5O)sc4c3)ccn2)cc1)N1CCCC1. The molecule has 1 saturated heterocycles. The number of amides is 1. The summed E-state index contributed by atoms with van der Waals surface area (Å²) in [5.74, 6) is 1.51. The summed E-state index contributed by atoms with van der Waals surface area (Å²) in [6.45, 7) is 1.69. The van der Waals surface area contributed by atoms with E-state index in [9.17, 15) is 9.90 Å². The Hall–Kier alpha value is -3.49. The molecule has 2 aromatic heterocycles. The molecule has 0 bridgehead atoms. The number of aromatic nitrogens is 2. The number of nitrogens with one attached hydrogen (secondary N) is 1. The van der Waals surface area contributed by atoms with Crippen LogP contribution in [0.2, 0.25) is 0 Å². The molecule has 1 aliphatic carbocycles. The normalized spacial score (nSPS) is 19.2. The lowest BCUT2D eigenvalue weighted by atomic mass is 9.93. The minimum Gasteiger partial charge on any atom is -0.457 e. The number of hydrogen-bond donors (Lipinski definition) is 2. The number of likely N-dealkylation sites (tertiary alicyclic amines) is 1. The highest BCUT2D eigenvalue weighted by Gasteiger charge is 2.24. The van der Waals surface area contributed by atoms with E-state index in [2.05, 4.69) is 10.3 Å². The molecule has 4 aromatic rings. The van der Waals surface area contributed by atoms with Gasteiger partial charge in [-0.25, -0.2) is 4.98 Å². The number of hydrogen-bond acceptors (Lipinski definition) is 7. The highest BCUT2D eigenvalue weighted by molar-refractivity contribution is 7.22. The Morgan fingerprint density at radius 2 is 1.74 bits per heavy atom. The average molecular weight is 531 g/mol. The molecule has 0 radical (unpaired) electrons. The number of ether oxygens (including phenoxy) is 1. The lowest BCUT2D eigenvalue weighted by molar-refractivity contribution is 0.0793. The molecule has 2 atom stereocenters. The number of rotatable bonds is 6. The van der Waals surface area contributed by atoms with Crippen molar-refractivity contribution in [3.05, 3.63) is 66.4 Å². The maximum atomic E-state index is 12.6. The van der Waals surface area contributed by atoms with Crippen LogP contribution in [-0.4, -0.2) is 51.1 Å². The number of thiazole rings is 1. The van der Waals surface area contributed by atoms with E-state index in [0.29, 0.717) is 11.3 Å². The van der Waals surface area contributed by atoms with Crippen molar-refractivity contribution in [2.24, 2.45) is 0 Å². The molecule has 2 aliphatic rings. The highest BCUT2D eigenvalue weighted by atomic mass is 32.1. The zero-order valence-corrected chi connectivity index (χ0v) is 21.4. The molecule has 198 valence electrons. The van der Waals surface area contributed by atoms with Gasteiger partial charge in [-0.05, 0) is 56.0 Å². The van der Waals surface area contributed by atoms with E-state index < -0.39 is 0 Å². The van der Waals surface area contributed by atoms with Crippen LogP contribution in [0.15, 0.2) is 60.8 Å². The summed E-state index contributed by atoms with van der Waals surface area (Å²) in [5.41, 5.74) is 3.34. The standard InChI is InChI=1S/C29H30N4O3S.CH4/c34-26-6-2-1-5-23(26)31-29-32-24-12-11-21(18-27(24)37-29)36-22-13-14-30-25(17-22)19-7-9-20(10-8-19)28(35)33-15-3-4-16-33;/h7-14,17-18,23,26,34H,1-6,15-16H2,(H,31,32);1H4/t23-,26-;/m1./s1. The molecule has 38 heavy (non-hydrogen) atoms. The van der Waals surface area contributed by atoms with E-state index in [4.69, 9.17) is 9.72 Å². The van der Waals surface area contributed by atoms with Gasteiger partial charge in [-0.3, -0.25) is 9.78 Å². The molecule has 1 aliphatic heterocycles. The van der Waals surface area contributed by atoms with E-state index >= 15 is 0 Å². The van der Waals surface area contributed by atoms with Crippen molar-refractivity contribution in [2.45, 2.75) is 58.1 Å². The number of benzene rings is 2. The van der Waals surface area contributed by atoms with Gasteiger partial charge in [-0.1, -0.05) is 43.7 Å². The molecule has 2 fully saturated rings. The number of carbonyl (C=O) groups is 1. The van der Waals surface area contributed by atoms with Crippen LogP contribution in [-0.2, 0) is 0 Å². The number of carbonyl (C=O) groups excluding carboxylic acids is 1. The fourth-order valence-electron chi connectivity index (χ4n) is 5.12. The lowest BCUT2D eigenvalue weighted by Gasteiger charge is -2.27. The summed E-state index contributed by atoms with van der Waals surface area (Å²) in [4.78, 5) is 23.7. The summed E-state index contributed by atoms with van der Waals surface area (Å²) in [6.07, 6.45) is 7.60. The van der Waals surface area contributed by atoms with Crippen molar-refractivity contribution in [1.82, 2.24) is 14.9 Å². The largest absolute Gasteiger partial charge is 0.457 e. The maximum Gasteiger partial charge on any atom is 0.253 e. The second kappa shape index (κ2) is 11.5. The molecule has 7 nitrogen and oxygen atoms in total. The molecule has 0 spiro atoms. The molecule has 1 saturated carbocycles. The molecule has 3 heterocycles. The van der Waals surface area contributed by atoms with Gasteiger partial charge in [-0.15, -0.1) is 0 Å². The Balaban J connectivity index is 0.00000294. The molecule has 8 heteroatoms. The Labute approximate surface area is 227 Å². The third kappa shape index (κ3) is 5.66. The first-order valence-electron chi connectivity index (χ1n) is 13.0. The molecule has 1 amide bonds. The van der Waals surface area contributed by atoms with E-state index in [-0.39, 0.29) is 25.5 Å². The highest BCUT2D eigenvalue weighted by Crippen LogP contribution is 2.33. The number of fused-ring (bicyclic) bond motifs is 1. The zero-order valence-electron chi connectivity index (χ0n) is 20.6. The van der Waals surface area contributed by atoms with E-state index in [1.54, 1.807) is 17.5 Å². The minimum absolute atomic E-state index is 0. The van der Waals surface area contributed by atoms with E-state index in [0.717, 1.165) is 84.0 Å². The first-order chi connectivity index (χ1) is 18.1. The summed E-state index contributed by atoms with van der Waals surface area (Å²) in [7, 11) is 0. The van der Waals surface area contributed by atoms with E-state index in [1.807, 2.05) is 59.5 Å². The van der Waals surface area contributed by atoms with Crippen LogP contribution in [0.1, 0.15) is 56.3 Å². The number of nitrogens with zero attached hydrogens (tertiary/aromatic N) is 3. The second-order valence-corrected chi connectivity index (χ2v) is 10.8. The third-order valence-electron chi connectivity index (χ3n) is 7.19. The number of pyridine rings is 1. The van der Waals surface area contributed by atoms with Gasteiger partial charge in [0, 0.05) is 42.5 Å².